The molecule has 4 aromatic rings. The van der Waals surface area contributed by atoms with Gasteiger partial charge in [0.05, 0.1) is 12.7 Å². The Bertz CT molecular complexity index is 1320. The van der Waals surface area contributed by atoms with Crippen LogP contribution in [0.15, 0.2) is 29.1 Å². The number of anilines is 1. The fourth-order valence-corrected chi connectivity index (χ4v) is 4.73. The molecule has 1 aliphatic rings. The molecule has 0 fully saturated rings. The molecule has 9 heteroatoms. The van der Waals surface area contributed by atoms with Crippen LogP contribution in [0.1, 0.15) is 34.2 Å². The zero-order valence-corrected chi connectivity index (χ0v) is 16.9. The molecule has 148 valence electrons. The second-order valence-electron chi connectivity index (χ2n) is 7.02. The van der Waals surface area contributed by atoms with Crippen molar-refractivity contribution in [1.29, 1.82) is 0 Å². The van der Waals surface area contributed by atoms with E-state index in [2.05, 4.69) is 20.0 Å². The number of methoxy groups -OCH3 is 1. The largest absolute Gasteiger partial charge is 0.465 e. The van der Waals surface area contributed by atoms with E-state index in [-0.39, 0.29) is 11.5 Å². The summed E-state index contributed by atoms with van der Waals surface area (Å²) in [4.78, 5) is 35.0. The lowest BCUT2D eigenvalue weighted by Gasteiger charge is -2.26. The first-order valence-electron chi connectivity index (χ1n) is 9.44. The number of benzene rings is 1. The molecule has 3 aromatic heterocycles. The van der Waals surface area contributed by atoms with E-state index in [1.165, 1.54) is 28.7 Å². The molecule has 0 spiro atoms. The highest BCUT2D eigenvalue weighted by atomic mass is 32.1. The fraction of sp³-hybridized carbons (Fsp3) is 0.300. The number of nitrogens with zero attached hydrogens (tertiary/aromatic N) is 4. The number of H-pyrrole nitrogens is 1. The molecule has 0 atom stereocenters. The Balaban J connectivity index is 1.55. The standard InChI is InChI=1S/C20H19N5O3S/c1-3-12-9-17(26)25-19(21-12)29-20(23-25)24-7-6-16-14(10-24)13-8-11(18(27)28-2)4-5-15(13)22-16/h4-5,8-9,22H,3,6-7,10H2,1-2H3. The summed E-state index contributed by atoms with van der Waals surface area (Å²) in [7, 11) is 1.38. The first kappa shape index (κ1) is 17.9. The highest BCUT2D eigenvalue weighted by molar-refractivity contribution is 7.20. The van der Waals surface area contributed by atoms with E-state index >= 15 is 0 Å². The Hall–Kier alpha value is -3.20. The van der Waals surface area contributed by atoms with E-state index in [0.717, 1.165) is 40.3 Å². The summed E-state index contributed by atoms with van der Waals surface area (Å²) in [5, 5.41) is 6.29. The van der Waals surface area contributed by atoms with Crippen molar-refractivity contribution in [2.24, 2.45) is 0 Å². The van der Waals surface area contributed by atoms with E-state index in [9.17, 15) is 9.59 Å². The number of carbonyl (C=O) groups excluding carboxylic acids is 1. The second-order valence-corrected chi connectivity index (χ2v) is 7.96. The van der Waals surface area contributed by atoms with Crippen LogP contribution in [-0.2, 0) is 24.1 Å². The highest BCUT2D eigenvalue weighted by Gasteiger charge is 2.24. The molecular weight excluding hydrogens is 390 g/mol. The van der Waals surface area contributed by atoms with Gasteiger partial charge in [0.25, 0.3) is 5.56 Å². The average Bonchev–Trinajstić information content (AvgIpc) is 3.33. The van der Waals surface area contributed by atoms with Gasteiger partial charge in [0.15, 0.2) is 0 Å². The number of ether oxygens (including phenoxy) is 1. The predicted molar refractivity (Wildman–Crippen MR) is 111 cm³/mol. The lowest BCUT2D eigenvalue weighted by Crippen LogP contribution is -2.30. The molecule has 1 N–H and O–H groups in total. The quantitative estimate of drug-likeness (QED) is 0.523. The van der Waals surface area contributed by atoms with E-state index in [0.29, 0.717) is 23.5 Å². The molecular formula is C20H19N5O3S. The number of rotatable bonds is 3. The van der Waals surface area contributed by atoms with Crippen molar-refractivity contribution in [3.8, 4) is 0 Å². The van der Waals surface area contributed by atoms with Gasteiger partial charge in [0.1, 0.15) is 0 Å². The third-order valence-corrected chi connectivity index (χ3v) is 6.29. The summed E-state index contributed by atoms with van der Waals surface area (Å²) in [6.07, 6.45) is 1.54. The minimum Gasteiger partial charge on any atom is -0.465 e. The number of aromatic amines is 1. The molecule has 1 aromatic carbocycles. The molecule has 0 amide bonds. The number of hydrogen-bond acceptors (Lipinski definition) is 7. The maximum atomic E-state index is 12.3. The second kappa shape index (κ2) is 6.70. The van der Waals surface area contributed by atoms with Crippen molar-refractivity contribution in [3.63, 3.8) is 0 Å². The third-order valence-electron chi connectivity index (χ3n) is 5.32. The van der Waals surface area contributed by atoms with Crippen molar-refractivity contribution >= 4 is 38.3 Å². The van der Waals surface area contributed by atoms with Crippen LogP contribution in [0.4, 0.5) is 5.13 Å². The maximum Gasteiger partial charge on any atom is 0.337 e. The summed E-state index contributed by atoms with van der Waals surface area (Å²) in [5.41, 5.74) is 4.47. The zero-order valence-electron chi connectivity index (χ0n) is 16.1. The molecule has 0 aliphatic carbocycles. The molecule has 4 heterocycles. The van der Waals surface area contributed by atoms with Crippen molar-refractivity contribution in [2.75, 3.05) is 18.6 Å². The summed E-state index contributed by atoms with van der Waals surface area (Å²) in [6.45, 7) is 3.42. The van der Waals surface area contributed by atoms with Gasteiger partial charge >= 0.3 is 5.97 Å². The van der Waals surface area contributed by atoms with Crippen molar-refractivity contribution in [3.05, 3.63) is 57.1 Å². The molecule has 0 bridgehead atoms. The van der Waals surface area contributed by atoms with E-state index in [1.54, 1.807) is 12.1 Å². The first-order chi connectivity index (χ1) is 14.1. The molecule has 0 saturated heterocycles. The third kappa shape index (κ3) is 2.89. The van der Waals surface area contributed by atoms with Gasteiger partial charge in [-0.1, -0.05) is 18.3 Å². The van der Waals surface area contributed by atoms with Crippen LogP contribution in [0.5, 0.6) is 0 Å². The van der Waals surface area contributed by atoms with E-state index in [4.69, 9.17) is 4.74 Å². The van der Waals surface area contributed by atoms with Gasteiger partial charge in [-0.15, -0.1) is 5.10 Å². The zero-order chi connectivity index (χ0) is 20.1. The van der Waals surface area contributed by atoms with E-state index < -0.39 is 0 Å². The average molecular weight is 409 g/mol. The van der Waals surface area contributed by atoms with Crippen LogP contribution in [0.25, 0.3) is 15.9 Å². The van der Waals surface area contributed by atoms with Crippen LogP contribution >= 0.6 is 11.3 Å². The van der Waals surface area contributed by atoms with E-state index in [1.807, 2.05) is 19.1 Å². The Morgan fingerprint density at radius 3 is 3.00 bits per heavy atom. The summed E-state index contributed by atoms with van der Waals surface area (Å²) in [6, 6.07) is 7.10. The number of carbonyl (C=O) groups is 1. The molecule has 5 rings (SSSR count). The lowest BCUT2D eigenvalue weighted by molar-refractivity contribution is 0.0601. The van der Waals surface area contributed by atoms with Gasteiger partial charge < -0.3 is 14.6 Å². The molecule has 0 saturated carbocycles. The monoisotopic (exact) mass is 409 g/mol. The normalized spacial score (nSPS) is 13.8. The molecule has 29 heavy (non-hydrogen) atoms. The minimum absolute atomic E-state index is 0.151. The fourth-order valence-electron chi connectivity index (χ4n) is 3.78. The first-order valence-corrected chi connectivity index (χ1v) is 10.3. The molecule has 8 nitrogen and oxygen atoms in total. The van der Waals surface area contributed by atoms with Gasteiger partial charge in [-0.25, -0.2) is 9.78 Å². The Labute approximate surface area is 169 Å². The van der Waals surface area contributed by atoms with Gasteiger partial charge in [0, 0.05) is 53.4 Å². The van der Waals surface area contributed by atoms with Gasteiger partial charge in [-0.3, -0.25) is 4.79 Å². The van der Waals surface area contributed by atoms with Crippen LogP contribution in [0, 0.1) is 0 Å². The molecule has 0 unspecified atom stereocenters. The topological polar surface area (TPSA) is 92.6 Å². The van der Waals surface area contributed by atoms with Crippen LogP contribution < -0.4 is 10.5 Å². The highest BCUT2D eigenvalue weighted by Crippen LogP contribution is 2.32. The SMILES string of the molecule is CCc1cc(=O)n2nc(N3CCc4[nH]c5ccc(C(=O)OC)cc5c4C3)sc2n1. The Morgan fingerprint density at radius 1 is 1.34 bits per heavy atom. The van der Waals surface area contributed by atoms with Crippen molar-refractivity contribution in [2.45, 2.75) is 26.3 Å². The van der Waals surface area contributed by atoms with Crippen LogP contribution in [0.2, 0.25) is 0 Å². The van der Waals surface area contributed by atoms with Crippen LogP contribution in [0.3, 0.4) is 0 Å². The number of esters is 1. The van der Waals surface area contributed by atoms with Crippen LogP contribution in [-0.4, -0.2) is 39.2 Å². The summed E-state index contributed by atoms with van der Waals surface area (Å²) >= 11 is 1.42. The Kier molecular flexibility index (Phi) is 4.13. The maximum absolute atomic E-state index is 12.3. The van der Waals surface area contributed by atoms with Gasteiger partial charge in [-0.05, 0) is 24.6 Å². The number of fused-ring (bicyclic) bond motifs is 4. The molecule has 0 radical (unpaired) electrons. The van der Waals surface area contributed by atoms with Gasteiger partial charge in [0.2, 0.25) is 10.1 Å². The smallest absolute Gasteiger partial charge is 0.337 e. The van der Waals surface area contributed by atoms with Crippen molar-refractivity contribution < 1.29 is 9.53 Å². The predicted octanol–water partition coefficient (Wildman–Crippen LogP) is 2.54. The minimum atomic E-state index is -0.349. The lowest BCUT2D eigenvalue weighted by atomic mass is 10.0. The number of nitrogens with one attached hydrogen (secondary N) is 1. The number of aryl methyl sites for hydroxylation is 1. The molecule has 1 aliphatic heterocycles. The summed E-state index contributed by atoms with van der Waals surface area (Å²) in [5.74, 6) is -0.349. The Morgan fingerprint density at radius 2 is 2.21 bits per heavy atom. The van der Waals surface area contributed by atoms with Crippen molar-refractivity contribution in [1.82, 2.24) is 19.6 Å². The summed E-state index contributed by atoms with van der Waals surface area (Å²) < 4.78 is 6.23. The number of aromatic nitrogens is 4. The number of hydrogen-bond donors (Lipinski definition) is 1. The van der Waals surface area contributed by atoms with Gasteiger partial charge in [-0.2, -0.15) is 4.52 Å².